The fourth-order valence-electron chi connectivity index (χ4n) is 4.76. The molecule has 5 fully saturated rings. The summed E-state index contributed by atoms with van der Waals surface area (Å²) in [6.07, 6.45) is 3.24. The van der Waals surface area contributed by atoms with Gasteiger partial charge in [0.2, 0.25) is 12.1 Å². The maximum absolute atomic E-state index is 12.1. The lowest BCUT2D eigenvalue weighted by atomic mass is 9.58. The Labute approximate surface area is 118 Å². The summed E-state index contributed by atoms with van der Waals surface area (Å²) >= 11 is 0. The van der Waals surface area contributed by atoms with Crippen LogP contribution >= 0.6 is 0 Å². The summed E-state index contributed by atoms with van der Waals surface area (Å²) in [7, 11) is 0. The van der Waals surface area contributed by atoms with Crippen molar-refractivity contribution in [1.82, 2.24) is 0 Å². The van der Waals surface area contributed by atoms with E-state index in [9.17, 15) is 4.79 Å². The molecule has 0 N–H and O–H groups in total. The van der Waals surface area contributed by atoms with Gasteiger partial charge in [-0.15, -0.1) is 0 Å². The summed E-state index contributed by atoms with van der Waals surface area (Å²) in [4.78, 5) is 23.7. The molecule has 5 heteroatoms. The normalized spacial score (nSPS) is 57.8. The third kappa shape index (κ3) is 1.46. The smallest absolute Gasteiger partial charge is 0.311 e. The molecule has 0 unspecified atom stereocenters. The molecular weight excluding hydrogens is 260 g/mol. The Hall–Kier alpha value is -0.650. The van der Waals surface area contributed by atoms with E-state index in [4.69, 9.17) is 19.2 Å². The van der Waals surface area contributed by atoms with Crippen molar-refractivity contribution in [3.63, 3.8) is 0 Å². The summed E-state index contributed by atoms with van der Waals surface area (Å²) in [6.45, 7) is 6.06. The van der Waals surface area contributed by atoms with Crippen molar-refractivity contribution in [3.05, 3.63) is 0 Å². The Morgan fingerprint density at radius 3 is 2.70 bits per heavy atom. The quantitative estimate of drug-likeness (QED) is 0.504. The maximum atomic E-state index is 12.1. The van der Waals surface area contributed by atoms with Gasteiger partial charge in [-0.2, -0.15) is 0 Å². The zero-order chi connectivity index (χ0) is 14.1. The molecular formula is C15H22O5. The average molecular weight is 282 g/mol. The lowest BCUT2D eigenvalue weighted by Crippen LogP contribution is -2.69. The Morgan fingerprint density at radius 1 is 1.10 bits per heavy atom. The predicted molar refractivity (Wildman–Crippen MR) is 68.0 cm³/mol. The second-order valence-electron chi connectivity index (χ2n) is 7.14. The highest BCUT2D eigenvalue weighted by Crippen LogP contribution is 2.59. The molecule has 4 aliphatic heterocycles. The molecule has 0 aromatic rings. The Bertz CT molecular complexity index is 452. The fourth-order valence-corrected chi connectivity index (χ4v) is 4.76. The van der Waals surface area contributed by atoms with E-state index >= 15 is 0 Å². The number of ether oxygens (including phenoxy) is 2. The Morgan fingerprint density at radius 2 is 1.90 bits per heavy atom. The topological polar surface area (TPSA) is 54.0 Å². The summed E-state index contributed by atoms with van der Waals surface area (Å²) in [6, 6.07) is 0. The van der Waals surface area contributed by atoms with Gasteiger partial charge in [-0.25, -0.2) is 9.78 Å². The third-order valence-corrected chi connectivity index (χ3v) is 5.97. The highest BCUT2D eigenvalue weighted by Gasteiger charge is 2.69. The van der Waals surface area contributed by atoms with E-state index in [1.54, 1.807) is 0 Å². The van der Waals surface area contributed by atoms with Gasteiger partial charge in [0, 0.05) is 18.3 Å². The van der Waals surface area contributed by atoms with E-state index in [0.29, 0.717) is 11.8 Å². The molecule has 2 bridgehead atoms. The van der Waals surface area contributed by atoms with E-state index in [1.807, 2.05) is 13.8 Å². The van der Waals surface area contributed by atoms with Crippen LogP contribution in [0.4, 0.5) is 0 Å². The Balaban J connectivity index is 1.84. The summed E-state index contributed by atoms with van der Waals surface area (Å²) in [5.41, 5.74) is -0.610. The van der Waals surface area contributed by atoms with E-state index < -0.39 is 17.7 Å². The van der Waals surface area contributed by atoms with Crippen LogP contribution < -0.4 is 0 Å². The first-order valence-corrected chi connectivity index (χ1v) is 7.71. The molecule has 0 aromatic carbocycles. The van der Waals surface area contributed by atoms with Crippen molar-refractivity contribution in [2.24, 2.45) is 23.7 Å². The van der Waals surface area contributed by atoms with E-state index in [-0.39, 0.29) is 17.8 Å². The third-order valence-electron chi connectivity index (χ3n) is 5.97. The first-order valence-electron chi connectivity index (χ1n) is 7.71. The molecule has 0 amide bonds. The fraction of sp³-hybridized carbons (Fsp3) is 0.933. The van der Waals surface area contributed by atoms with Gasteiger partial charge in [0.1, 0.15) is 0 Å². The molecule has 0 aromatic heterocycles. The molecule has 1 aliphatic carbocycles. The van der Waals surface area contributed by atoms with Crippen LogP contribution in [-0.4, -0.2) is 23.6 Å². The van der Waals surface area contributed by atoms with Gasteiger partial charge < -0.3 is 9.47 Å². The molecule has 4 saturated heterocycles. The maximum Gasteiger partial charge on any atom is 0.311 e. The molecule has 5 rings (SSSR count). The van der Waals surface area contributed by atoms with E-state index in [2.05, 4.69) is 6.92 Å². The van der Waals surface area contributed by atoms with Crippen molar-refractivity contribution in [2.75, 3.05) is 0 Å². The number of fused-ring (bicyclic) bond motifs is 2. The van der Waals surface area contributed by atoms with Crippen molar-refractivity contribution >= 4 is 5.97 Å². The zero-order valence-electron chi connectivity index (χ0n) is 12.3. The van der Waals surface area contributed by atoms with Crippen molar-refractivity contribution in [3.8, 4) is 0 Å². The van der Waals surface area contributed by atoms with Gasteiger partial charge in [0.15, 0.2) is 5.60 Å². The number of esters is 1. The summed E-state index contributed by atoms with van der Waals surface area (Å²) in [5, 5.41) is 0. The van der Waals surface area contributed by atoms with Crippen molar-refractivity contribution in [1.29, 1.82) is 0 Å². The van der Waals surface area contributed by atoms with Crippen LogP contribution in [0.1, 0.15) is 46.5 Å². The summed E-state index contributed by atoms with van der Waals surface area (Å²) in [5.74, 6) is -0.137. The number of rotatable bonds is 0. The number of carbonyl (C=O) groups is 1. The molecule has 20 heavy (non-hydrogen) atoms. The predicted octanol–water partition coefficient (Wildman–Crippen LogP) is 2.39. The van der Waals surface area contributed by atoms with Gasteiger partial charge in [0.05, 0.1) is 5.92 Å². The van der Waals surface area contributed by atoms with E-state index in [1.165, 1.54) is 0 Å². The standard InChI is InChI=1S/C15H22O5/c1-8-4-5-11-9(2)12(16)17-13-15(11)10(8)6-7-14(3,18-13)19-20-15/h8-11,13H,4-7H2,1-3H3/t8-,9+,10-,11+,13-,14-,15-/m0/s1. The number of carbonyl (C=O) groups excluding carboxylic acids is 1. The summed E-state index contributed by atoms with van der Waals surface area (Å²) < 4.78 is 11.6. The van der Waals surface area contributed by atoms with Crippen LogP contribution in [0, 0.1) is 23.7 Å². The molecule has 7 atom stereocenters. The monoisotopic (exact) mass is 282 g/mol. The lowest BCUT2D eigenvalue weighted by molar-refractivity contribution is -0.559. The molecule has 0 radical (unpaired) electrons. The van der Waals surface area contributed by atoms with Crippen molar-refractivity contribution < 1.29 is 24.0 Å². The van der Waals surface area contributed by atoms with Gasteiger partial charge in [-0.1, -0.05) is 13.8 Å². The SMILES string of the molecule is C[C@H]1CC[C@@H]2[C@@H](C)C(=O)O[C@H]3O[C@]4(C)CC[C@@H]1[C@@]32OO4. The molecule has 1 saturated carbocycles. The molecule has 5 nitrogen and oxygen atoms in total. The van der Waals surface area contributed by atoms with E-state index in [0.717, 1.165) is 25.7 Å². The molecule has 4 heterocycles. The van der Waals surface area contributed by atoms with Gasteiger partial charge in [-0.05, 0) is 32.1 Å². The minimum absolute atomic E-state index is 0.123. The lowest BCUT2D eigenvalue weighted by Gasteiger charge is -2.57. The first kappa shape index (κ1) is 13.0. The van der Waals surface area contributed by atoms with Crippen LogP contribution in [0.5, 0.6) is 0 Å². The second-order valence-corrected chi connectivity index (χ2v) is 7.14. The van der Waals surface area contributed by atoms with Gasteiger partial charge >= 0.3 is 5.97 Å². The van der Waals surface area contributed by atoms with Crippen LogP contribution in [-0.2, 0) is 24.0 Å². The van der Waals surface area contributed by atoms with Crippen molar-refractivity contribution in [2.45, 2.75) is 64.1 Å². The highest BCUT2D eigenvalue weighted by atomic mass is 17.3. The average Bonchev–Trinajstić information content (AvgIpc) is 2.63. The van der Waals surface area contributed by atoms with Crippen LogP contribution in [0.2, 0.25) is 0 Å². The second kappa shape index (κ2) is 3.96. The first-order chi connectivity index (χ1) is 9.46. The van der Waals surface area contributed by atoms with Crippen LogP contribution in [0.15, 0.2) is 0 Å². The molecule has 112 valence electrons. The minimum Gasteiger partial charge on any atom is -0.432 e. The molecule has 5 aliphatic rings. The number of hydrogen-bond donors (Lipinski definition) is 0. The highest BCUT2D eigenvalue weighted by molar-refractivity contribution is 5.74. The minimum atomic E-state index is -0.793. The largest absolute Gasteiger partial charge is 0.432 e. The van der Waals surface area contributed by atoms with Gasteiger partial charge in [-0.3, -0.25) is 4.79 Å². The van der Waals surface area contributed by atoms with Crippen LogP contribution in [0.25, 0.3) is 0 Å². The van der Waals surface area contributed by atoms with Crippen LogP contribution in [0.3, 0.4) is 0 Å². The number of hydrogen-bond acceptors (Lipinski definition) is 5. The Kier molecular flexibility index (Phi) is 2.58. The van der Waals surface area contributed by atoms with Gasteiger partial charge in [0.25, 0.3) is 0 Å². The zero-order valence-corrected chi connectivity index (χ0v) is 12.3. The molecule has 1 spiro atoms.